The van der Waals surface area contributed by atoms with Crippen molar-refractivity contribution in [2.24, 2.45) is 0 Å². The van der Waals surface area contributed by atoms with E-state index in [4.69, 9.17) is 5.11 Å². The van der Waals surface area contributed by atoms with Crippen LogP contribution in [-0.4, -0.2) is 22.6 Å². The normalized spacial score (nSPS) is 15.8. The zero-order valence-electron chi connectivity index (χ0n) is 11.1. The van der Waals surface area contributed by atoms with Crippen molar-refractivity contribution in [3.05, 3.63) is 70.8 Å². The van der Waals surface area contributed by atoms with E-state index in [1.807, 2.05) is 30.3 Å². The van der Waals surface area contributed by atoms with Crippen LogP contribution in [0, 0.1) is 0 Å². The number of carbonyl (C=O) groups excluding carboxylic acids is 1. The number of rotatable bonds is 2. The van der Waals surface area contributed by atoms with Gasteiger partial charge in [-0.15, -0.1) is 11.8 Å². The van der Waals surface area contributed by atoms with Crippen LogP contribution in [0.2, 0.25) is 0 Å². The van der Waals surface area contributed by atoms with Gasteiger partial charge in [0.15, 0.2) is 5.78 Å². The number of fused-ring (bicyclic) bond motifs is 1. The monoisotopic (exact) mass is 296 g/mol. The second-order valence-electron chi connectivity index (χ2n) is 4.71. The van der Waals surface area contributed by atoms with Gasteiger partial charge >= 0.3 is 5.97 Å². The molecule has 1 aliphatic heterocycles. The molecule has 104 valence electrons. The van der Waals surface area contributed by atoms with Crippen molar-refractivity contribution in [2.45, 2.75) is 4.90 Å². The van der Waals surface area contributed by atoms with Gasteiger partial charge in [0.25, 0.3) is 0 Å². The van der Waals surface area contributed by atoms with Crippen LogP contribution in [0.4, 0.5) is 0 Å². The Hall–Kier alpha value is -2.33. The number of ketones is 1. The maximum absolute atomic E-state index is 12.4. The van der Waals surface area contributed by atoms with Gasteiger partial charge in [-0.2, -0.15) is 0 Å². The molecule has 1 aliphatic rings. The van der Waals surface area contributed by atoms with Crippen LogP contribution in [0.3, 0.4) is 0 Å². The van der Waals surface area contributed by atoms with E-state index >= 15 is 0 Å². The van der Waals surface area contributed by atoms with Crippen LogP contribution < -0.4 is 0 Å². The largest absolute Gasteiger partial charge is 0.478 e. The molecule has 1 heterocycles. The Kier molecular flexibility index (Phi) is 3.62. The van der Waals surface area contributed by atoms with Crippen molar-refractivity contribution < 1.29 is 14.7 Å². The van der Waals surface area contributed by atoms with E-state index < -0.39 is 5.97 Å². The third-order valence-electron chi connectivity index (χ3n) is 3.31. The second-order valence-corrected chi connectivity index (χ2v) is 5.73. The van der Waals surface area contributed by atoms with Gasteiger partial charge in [0.2, 0.25) is 0 Å². The molecule has 1 N–H and O–H groups in total. The minimum absolute atomic E-state index is 0.0478. The van der Waals surface area contributed by atoms with E-state index in [1.165, 1.54) is 0 Å². The van der Waals surface area contributed by atoms with Gasteiger partial charge in [0.1, 0.15) is 0 Å². The molecule has 0 saturated heterocycles. The molecule has 0 unspecified atom stereocenters. The minimum atomic E-state index is -0.951. The van der Waals surface area contributed by atoms with Crippen molar-refractivity contribution in [3.63, 3.8) is 0 Å². The average molecular weight is 296 g/mol. The number of carboxylic acid groups (broad SMARTS) is 1. The summed E-state index contributed by atoms with van der Waals surface area (Å²) in [6.07, 6.45) is 1.83. The topological polar surface area (TPSA) is 54.4 Å². The van der Waals surface area contributed by atoms with Crippen LogP contribution in [0.25, 0.3) is 6.08 Å². The molecular formula is C17H12O3S. The SMILES string of the molecule is O=C(O)c1ccc(/C=C2\CSc3ccccc3C2=O)cc1. The molecule has 21 heavy (non-hydrogen) atoms. The number of hydrogen-bond acceptors (Lipinski definition) is 3. The highest BCUT2D eigenvalue weighted by molar-refractivity contribution is 7.99. The van der Waals surface area contributed by atoms with E-state index in [0.29, 0.717) is 5.75 Å². The minimum Gasteiger partial charge on any atom is -0.478 e. The molecule has 3 rings (SSSR count). The highest BCUT2D eigenvalue weighted by Gasteiger charge is 2.21. The molecule has 2 aromatic carbocycles. The van der Waals surface area contributed by atoms with E-state index in [1.54, 1.807) is 36.0 Å². The number of carboxylic acids is 1. The molecule has 0 spiro atoms. The summed E-state index contributed by atoms with van der Waals surface area (Å²) in [6.45, 7) is 0. The Bertz CT molecular complexity index is 745. The van der Waals surface area contributed by atoms with Crippen molar-refractivity contribution in [3.8, 4) is 0 Å². The van der Waals surface area contributed by atoms with Crippen LogP contribution in [0.1, 0.15) is 26.3 Å². The molecule has 0 amide bonds. The molecule has 0 aliphatic carbocycles. The lowest BCUT2D eigenvalue weighted by Crippen LogP contribution is -2.12. The second kappa shape index (κ2) is 5.58. The summed E-state index contributed by atoms with van der Waals surface area (Å²) in [7, 11) is 0. The summed E-state index contributed by atoms with van der Waals surface area (Å²) in [6, 6.07) is 14.1. The Morgan fingerprint density at radius 3 is 2.52 bits per heavy atom. The molecular weight excluding hydrogens is 284 g/mol. The number of aromatic carboxylic acids is 1. The summed E-state index contributed by atoms with van der Waals surface area (Å²) in [4.78, 5) is 24.3. The van der Waals surface area contributed by atoms with Gasteiger partial charge in [-0.3, -0.25) is 4.79 Å². The quantitative estimate of drug-likeness (QED) is 0.857. The number of benzene rings is 2. The third-order valence-corrected chi connectivity index (χ3v) is 4.43. The lowest BCUT2D eigenvalue weighted by Gasteiger charge is -2.16. The molecule has 0 atom stereocenters. The Labute approximate surface area is 126 Å². The molecule has 0 fully saturated rings. The fourth-order valence-electron chi connectivity index (χ4n) is 2.20. The van der Waals surface area contributed by atoms with E-state index in [2.05, 4.69) is 0 Å². The molecule has 0 aromatic heterocycles. The molecule has 0 radical (unpaired) electrons. The third kappa shape index (κ3) is 2.76. The van der Waals surface area contributed by atoms with Crippen LogP contribution in [-0.2, 0) is 0 Å². The number of carbonyl (C=O) groups is 2. The highest BCUT2D eigenvalue weighted by Crippen LogP contribution is 2.33. The predicted octanol–water partition coefficient (Wildman–Crippen LogP) is 3.76. The van der Waals surface area contributed by atoms with Crippen LogP contribution in [0.5, 0.6) is 0 Å². The fourth-order valence-corrected chi connectivity index (χ4v) is 3.22. The zero-order valence-corrected chi connectivity index (χ0v) is 11.9. The Morgan fingerprint density at radius 2 is 1.81 bits per heavy atom. The maximum Gasteiger partial charge on any atom is 0.335 e. The Morgan fingerprint density at radius 1 is 1.10 bits per heavy atom. The smallest absolute Gasteiger partial charge is 0.335 e. The van der Waals surface area contributed by atoms with Gasteiger partial charge in [-0.1, -0.05) is 24.3 Å². The summed E-state index contributed by atoms with van der Waals surface area (Å²) in [5.74, 6) is -0.268. The maximum atomic E-state index is 12.4. The standard InChI is InChI=1S/C17H12O3S/c18-16-13(10-21-15-4-2-1-3-14(15)16)9-11-5-7-12(8-6-11)17(19)20/h1-9H,10H2,(H,19,20)/b13-9+. The lowest BCUT2D eigenvalue weighted by atomic mass is 10.0. The number of Topliss-reactive ketones (excluding diaryl/α,β-unsaturated/α-hetero) is 1. The number of thioether (sulfide) groups is 1. The first-order valence-corrected chi connectivity index (χ1v) is 7.44. The molecule has 0 bridgehead atoms. The molecule has 0 saturated carbocycles. The molecule has 3 nitrogen and oxygen atoms in total. The first-order chi connectivity index (χ1) is 10.1. The highest BCUT2D eigenvalue weighted by atomic mass is 32.2. The summed E-state index contributed by atoms with van der Waals surface area (Å²) >= 11 is 1.64. The predicted molar refractivity (Wildman–Crippen MR) is 82.9 cm³/mol. The molecule has 4 heteroatoms. The summed E-state index contributed by atoms with van der Waals surface area (Å²) < 4.78 is 0. The number of hydrogen-bond donors (Lipinski definition) is 1. The van der Waals surface area contributed by atoms with Gasteiger partial charge in [0, 0.05) is 21.8 Å². The van der Waals surface area contributed by atoms with Crippen LogP contribution in [0.15, 0.2) is 59.0 Å². The lowest BCUT2D eigenvalue weighted by molar-refractivity contribution is 0.0696. The van der Waals surface area contributed by atoms with Crippen molar-refractivity contribution >= 4 is 29.6 Å². The van der Waals surface area contributed by atoms with Crippen LogP contribution >= 0.6 is 11.8 Å². The fraction of sp³-hybridized carbons (Fsp3) is 0.0588. The van der Waals surface area contributed by atoms with Gasteiger partial charge in [-0.25, -0.2) is 4.79 Å². The van der Waals surface area contributed by atoms with Gasteiger partial charge < -0.3 is 5.11 Å². The first kappa shape index (κ1) is 13.6. The Balaban J connectivity index is 1.91. The van der Waals surface area contributed by atoms with E-state index in [0.717, 1.165) is 21.6 Å². The van der Waals surface area contributed by atoms with E-state index in [-0.39, 0.29) is 11.3 Å². The average Bonchev–Trinajstić information content (AvgIpc) is 2.51. The van der Waals surface area contributed by atoms with Gasteiger partial charge in [0.05, 0.1) is 5.56 Å². The molecule has 2 aromatic rings. The van der Waals surface area contributed by atoms with E-state index in [9.17, 15) is 9.59 Å². The van der Waals surface area contributed by atoms with Crippen molar-refractivity contribution in [1.29, 1.82) is 0 Å². The van der Waals surface area contributed by atoms with Crippen molar-refractivity contribution in [2.75, 3.05) is 5.75 Å². The first-order valence-electron chi connectivity index (χ1n) is 6.45. The summed E-state index contributed by atoms with van der Waals surface area (Å²) in [5.41, 5.74) is 2.55. The summed E-state index contributed by atoms with van der Waals surface area (Å²) in [5, 5.41) is 8.88. The van der Waals surface area contributed by atoms with Crippen molar-refractivity contribution in [1.82, 2.24) is 0 Å². The zero-order chi connectivity index (χ0) is 14.8. The van der Waals surface area contributed by atoms with Gasteiger partial charge in [-0.05, 0) is 35.9 Å².